The first-order valence-corrected chi connectivity index (χ1v) is 15.7. The van der Waals surface area contributed by atoms with Gasteiger partial charge in [-0.25, -0.2) is 19.3 Å². The van der Waals surface area contributed by atoms with Crippen LogP contribution in [-0.2, 0) is 20.5 Å². The van der Waals surface area contributed by atoms with Gasteiger partial charge in [0.1, 0.15) is 5.82 Å². The highest BCUT2D eigenvalue weighted by Gasteiger charge is 2.65. The van der Waals surface area contributed by atoms with Crippen LogP contribution >= 0.6 is 0 Å². The van der Waals surface area contributed by atoms with E-state index in [1.807, 2.05) is 16.3 Å². The fourth-order valence-electron chi connectivity index (χ4n) is 7.82. The van der Waals surface area contributed by atoms with Crippen LogP contribution in [0.25, 0.3) is 5.65 Å². The zero-order valence-corrected chi connectivity index (χ0v) is 25.7. The van der Waals surface area contributed by atoms with E-state index in [2.05, 4.69) is 71.6 Å². The molecule has 45 heavy (non-hydrogen) atoms. The Bertz CT molecular complexity index is 1830. The number of carboxylic acids is 1. The van der Waals surface area contributed by atoms with Gasteiger partial charge in [0.25, 0.3) is 0 Å². The second kappa shape index (κ2) is 9.74. The highest BCUT2D eigenvalue weighted by molar-refractivity contribution is 5.87. The molecule has 7 heterocycles. The first kappa shape index (κ1) is 28.0. The van der Waals surface area contributed by atoms with Gasteiger partial charge >= 0.3 is 5.97 Å². The van der Waals surface area contributed by atoms with Gasteiger partial charge in [-0.05, 0) is 56.0 Å². The van der Waals surface area contributed by atoms with E-state index in [1.165, 1.54) is 11.6 Å². The number of nitrogens with zero attached hydrogens (tertiary/aromatic N) is 6. The molecule has 4 saturated heterocycles. The Balaban J connectivity index is 0.990. The number of amides is 1. The zero-order chi connectivity index (χ0) is 31.1. The summed E-state index contributed by atoms with van der Waals surface area (Å²) in [5.41, 5.74) is 3.06. The number of carboxylic acid groups (broad SMARTS) is 1. The Morgan fingerprint density at radius 2 is 1.82 bits per heavy atom. The second-order valence-corrected chi connectivity index (χ2v) is 13.9. The lowest BCUT2D eigenvalue weighted by atomic mass is 9.68. The van der Waals surface area contributed by atoms with Gasteiger partial charge in [-0.15, -0.1) is 5.10 Å². The first-order chi connectivity index (χ1) is 21.6. The largest absolute Gasteiger partial charge is 0.477 e. The molecule has 2 bridgehead atoms. The lowest BCUT2D eigenvalue weighted by molar-refractivity contribution is -0.137. The number of carbonyl (C=O) groups excluding carboxylic acids is 1. The van der Waals surface area contributed by atoms with Gasteiger partial charge in [-0.1, -0.05) is 43.3 Å². The summed E-state index contributed by atoms with van der Waals surface area (Å²) in [6, 6.07) is 17.7. The van der Waals surface area contributed by atoms with Gasteiger partial charge < -0.3 is 25.0 Å². The topological polar surface area (TPSA) is 125 Å². The van der Waals surface area contributed by atoms with Gasteiger partial charge in [0, 0.05) is 37.5 Å². The number of aromatic nitrogens is 4. The number of hydrogen-bond acceptors (Lipinski definition) is 8. The number of anilines is 2. The third kappa shape index (κ3) is 4.31. The van der Waals surface area contributed by atoms with Crippen LogP contribution in [0.1, 0.15) is 54.1 Å². The number of fused-ring (bicyclic) bond motifs is 2. The molecule has 2 N–H and O–H groups in total. The molecule has 11 nitrogen and oxygen atoms in total. The van der Waals surface area contributed by atoms with Crippen LogP contribution in [0.3, 0.4) is 0 Å². The number of benzene rings is 1. The number of aromatic carboxylic acids is 1. The van der Waals surface area contributed by atoms with E-state index >= 15 is 0 Å². The third-order valence-electron chi connectivity index (χ3n) is 10.6. The Morgan fingerprint density at radius 1 is 1.02 bits per heavy atom. The number of pyridine rings is 2. The van der Waals surface area contributed by atoms with Crippen molar-refractivity contribution in [2.75, 3.05) is 42.6 Å². The minimum absolute atomic E-state index is 0.0101. The van der Waals surface area contributed by atoms with Gasteiger partial charge in [0.2, 0.25) is 5.91 Å². The molecule has 4 aliphatic heterocycles. The third-order valence-corrected chi connectivity index (χ3v) is 10.6. The van der Waals surface area contributed by atoms with Crippen molar-refractivity contribution in [1.82, 2.24) is 24.9 Å². The second-order valence-electron chi connectivity index (χ2n) is 13.9. The highest BCUT2D eigenvalue weighted by atomic mass is 16.5. The maximum Gasteiger partial charge on any atom is 0.354 e. The summed E-state index contributed by atoms with van der Waals surface area (Å²) in [7, 11) is 0. The lowest BCUT2D eigenvalue weighted by Crippen LogP contribution is -2.67. The quantitative estimate of drug-likeness (QED) is 0.325. The first-order valence-electron chi connectivity index (χ1n) is 15.7. The minimum Gasteiger partial charge on any atom is -0.477 e. The van der Waals surface area contributed by atoms with Crippen molar-refractivity contribution in [3.05, 3.63) is 83.4 Å². The van der Waals surface area contributed by atoms with E-state index in [0.29, 0.717) is 31.3 Å². The van der Waals surface area contributed by atoms with Crippen LogP contribution in [0.4, 0.5) is 11.5 Å². The molecule has 3 unspecified atom stereocenters. The number of rotatable bonds is 7. The van der Waals surface area contributed by atoms with E-state index in [1.54, 1.807) is 12.1 Å². The van der Waals surface area contributed by atoms with Gasteiger partial charge in [0.05, 0.1) is 29.9 Å². The Kier molecular flexibility index (Phi) is 6.06. The normalized spacial score (nSPS) is 28.2. The molecule has 1 saturated carbocycles. The fourth-order valence-corrected chi connectivity index (χ4v) is 7.82. The number of aryl methyl sites for hydroxylation is 1. The number of nitrogens with one attached hydrogen (secondary N) is 1. The molecular weight excluding hydrogens is 570 g/mol. The molecule has 0 radical (unpaired) electrons. The highest BCUT2D eigenvalue weighted by Crippen LogP contribution is 2.55. The van der Waals surface area contributed by atoms with E-state index in [-0.39, 0.29) is 29.0 Å². The molecule has 1 aliphatic carbocycles. The molecule has 4 atom stereocenters. The van der Waals surface area contributed by atoms with Crippen LogP contribution in [0, 0.1) is 18.3 Å². The molecule has 0 spiro atoms. The monoisotopic (exact) mass is 607 g/mol. The van der Waals surface area contributed by atoms with Crippen LogP contribution in [0.2, 0.25) is 0 Å². The summed E-state index contributed by atoms with van der Waals surface area (Å²) < 4.78 is 8.22. The smallest absolute Gasteiger partial charge is 0.354 e. The molecule has 11 heteroatoms. The maximum absolute atomic E-state index is 13.6. The van der Waals surface area contributed by atoms with Gasteiger partial charge in [-0.3, -0.25) is 4.79 Å². The summed E-state index contributed by atoms with van der Waals surface area (Å²) in [4.78, 5) is 38.5. The van der Waals surface area contributed by atoms with E-state index in [9.17, 15) is 14.7 Å². The molecule has 4 aromatic rings. The summed E-state index contributed by atoms with van der Waals surface area (Å²) >= 11 is 0. The Morgan fingerprint density at radius 3 is 2.58 bits per heavy atom. The molecular formula is C34H37N7O4. The van der Waals surface area contributed by atoms with Crippen LogP contribution in [0.15, 0.2) is 60.8 Å². The van der Waals surface area contributed by atoms with Crippen molar-refractivity contribution in [2.45, 2.75) is 50.7 Å². The molecule has 232 valence electrons. The fraction of sp³-hybridized carbons (Fsp3) is 0.441. The lowest BCUT2D eigenvalue weighted by Gasteiger charge is -2.50. The molecule has 1 aromatic carbocycles. The van der Waals surface area contributed by atoms with Crippen molar-refractivity contribution < 1.29 is 19.4 Å². The van der Waals surface area contributed by atoms with Crippen molar-refractivity contribution in [3.8, 4) is 0 Å². The summed E-state index contributed by atoms with van der Waals surface area (Å²) in [5.74, 6) is 0.276. The van der Waals surface area contributed by atoms with Crippen molar-refractivity contribution in [1.29, 1.82) is 0 Å². The average Bonchev–Trinajstić information content (AvgIpc) is 3.81. The van der Waals surface area contributed by atoms with Crippen molar-refractivity contribution in [3.63, 3.8) is 0 Å². The SMILES string of the molecule is Cc1cc(N2CC[C@](C)(c3ccccc3)C2)cn2nc(C34CC(CO3)C4NC(=O)C3(C)CN(c4cccc(C(=O)O)n4)C3)nc12. The Hall–Kier alpha value is -4.51. The summed E-state index contributed by atoms with van der Waals surface area (Å²) in [5, 5.41) is 17.5. The summed E-state index contributed by atoms with van der Waals surface area (Å²) in [6.07, 6.45) is 3.93. The molecule has 5 fully saturated rings. The molecule has 9 rings (SSSR count). The van der Waals surface area contributed by atoms with Crippen molar-refractivity contribution >= 4 is 29.0 Å². The van der Waals surface area contributed by atoms with Crippen LogP contribution in [-0.4, -0.2) is 75.4 Å². The Labute approximate surface area is 261 Å². The van der Waals surface area contributed by atoms with Gasteiger partial charge in [0.15, 0.2) is 22.8 Å². The van der Waals surface area contributed by atoms with E-state index < -0.39 is 17.0 Å². The van der Waals surface area contributed by atoms with Crippen LogP contribution < -0.4 is 15.1 Å². The number of hydrogen-bond donors (Lipinski definition) is 2. The number of carbonyl (C=O) groups is 2. The molecule has 1 amide bonds. The predicted octanol–water partition coefficient (Wildman–Crippen LogP) is 3.56. The van der Waals surface area contributed by atoms with E-state index in [0.717, 1.165) is 42.8 Å². The predicted molar refractivity (Wildman–Crippen MR) is 168 cm³/mol. The maximum atomic E-state index is 13.6. The van der Waals surface area contributed by atoms with Crippen molar-refractivity contribution in [2.24, 2.45) is 11.3 Å². The average molecular weight is 608 g/mol. The number of ether oxygens (including phenoxy) is 1. The molecule has 3 aromatic heterocycles. The van der Waals surface area contributed by atoms with Gasteiger partial charge in [-0.2, -0.15) is 0 Å². The minimum atomic E-state index is -1.07. The zero-order valence-electron chi connectivity index (χ0n) is 25.7. The standard InChI is InChI=1S/C34H37N7O4/c1-21-14-24(39-13-12-32(2,18-39)23-8-5-4-6-9-23)16-41-28(21)37-30(38-41)34-15-22(17-45-34)27(34)36-31(44)33(3)19-40(20-33)26-11-7-10-25(35-26)29(42)43/h4-11,14,16,22,27H,12-13,15,17-20H2,1-3H3,(H,36,44)(H,42,43)/t22?,27?,32-,34?/m0/s1. The summed E-state index contributed by atoms with van der Waals surface area (Å²) in [6.45, 7) is 9.72. The van der Waals surface area contributed by atoms with Crippen LogP contribution in [0.5, 0.6) is 0 Å². The molecule has 5 aliphatic rings. The van der Waals surface area contributed by atoms with E-state index in [4.69, 9.17) is 14.8 Å².